The minimum absolute atomic E-state index is 0.307. The van der Waals surface area contributed by atoms with Crippen LogP contribution < -0.4 is 29.9 Å². The van der Waals surface area contributed by atoms with Gasteiger partial charge in [-0.15, -0.1) is 0 Å². The van der Waals surface area contributed by atoms with Crippen LogP contribution >= 0.6 is 0 Å². The Balaban J connectivity index is 1.00. The lowest BCUT2D eigenvalue weighted by Crippen LogP contribution is -2.33. The summed E-state index contributed by atoms with van der Waals surface area (Å²) >= 11 is 0. The van der Waals surface area contributed by atoms with Crippen molar-refractivity contribution in [3.05, 3.63) is 84.8 Å². The Hall–Kier alpha value is -5.24. The molecule has 2 N–H and O–H groups in total. The van der Waals surface area contributed by atoms with E-state index in [9.17, 15) is 4.79 Å². The summed E-state index contributed by atoms with van der Waals surface area (Å²) in [7, 11) is 3.32. The molecule has 6 rings (SSSR count). The molecule has 5 aromatic rings. The molecule has 0 radical (unpaired) electrons. The summed E-state index contributed by atoms with van der Waals surface area (Å²) in [5.41, 5.74) is 8.23. The number of nitrogens with one attached hydrogen (secondary N) is 2. The second kappa shape index (κ2) is 19.2. The first-order chi connectivity index (χ1) is 26.4. The Morgan fingerprint density at radius 2 is 1.74 bits per heavy atom. The van der Waals surface area contributed by atoms with Gasteiger partial charge in [-0.25, -0.2) is 15.3 Å². The average molecular weight is 738 g/mol. The first kappa shape index (κ1) is 38.5. The van der Waals surface area contributed by atoms with Crippen LogP contribution in [-0.4, -0.2) is 78.5 Å². The van der Waals surface area contributed by atoms with Crippen molar-refractivity contribution in [2.75, 3.05) is 45.4 Å². The third-order valence-electron chi connectivity index (χ3n) is 9.14. The highest BCUT2D eigenvalue weighted by molar-refractivity contribution is 5.93. The van der Waals surface area contributed by atoms with Crippen LogP contribution in [0.3, 0.4) is 0 Å². The molecular formula is C41H51N7O6. The van der Waals surface area contributed by atoms with Crippen LogP contribution in [-0.2, 0) is 16.1 Å². The molecule has 1 amide bonds. The second-order valence-corrected chi connectivity index (χ2v) is 13.5. The van der Waals surface area contributed by atoms with E-state index in [1.807, 2.05) is 41.3 Å². The maximum atomic E-state index is 12.4. The van der Waals surface area contributed by atoms with E-state index >= 15 is 0 Å². The third kappa shape index (κ3) is 10.7. The standard InChI is InChI=1S/C41H51N7O6/c1-29(2)42-17-19-48(33-22-35(50-3)25-36(23-33)51-4)32-13-16-37-38(24-32)45-39(27-43-37)31-26-44-47(28-31)18-7-5-8-20-52-34-14-11-30(12-15-34)41(49)46-54-40-10-6-9-21-53-40/h11-16,22-29,40,42H,5-10,17-21H2,1-4H3,(H,46,49). The van der Waals surface area contributed by atoms with Gasteiger partial charge in [0.1, 0.15) is 17.2 Å². The Morgan fingerprint density at radius 1 is 0.926 bits per heavy atom. The number of hydroxylamine groups is 1. The Morgan fingerprint density at radius 3 is 2.48 bits per heavy atom. The average Bonchev–Trinajstić information content (AvgIpc) is 3.69. The number of anilines is 2. The van der Waals surface area contributed by atoms with E-state index in [1.165, 1.54) is 0 Å². The highest BCUT2D eigenvalue weighted by Crippen LogP contribution is 2.34. The number of unbranched alkanes of at least 4 members (excludes halogenated alkanes) is 2. The largest absolute Gasteiger partial charge is 0.497 e. The van der Waals surface area contributed by atoms with Gasteiger partial charge in [-0.1, -0.05) is 13.8 Å². The minimum atomic E-state index is -0.383. The van der Waals surface area contributed by atoms with Crippen molar-refractivity contribution in [2.45, 2.75) is 71.2 Å². The molecule has 54 heavy (non-hydrogen) atoms. The molecular weight excluding hydrogens is 686 g/mol. The number of carbonyl (C=O) groups excluding carboxylic acids is 1. The van der Waals surface area contributed by atoms with Crippen LogP contribution in [0, 0.1) is 0 Å². The molecule has 1 aliphatic heterocycles. The van der Waals surface area contributed by atoms with Gasteiger partial charge in [-0.05, 0) is 74.6 Å². The molecule has 0 saturated carbocycles. The summed E-state index contributed by atoms with van der Waals surface area (Å²) in [6, 6.07) is 19.5. The Labute approximate surface area is 316 Å². The number of fused-ring (bicyclic) bond motifs is 1. The zero-order valence-electron chi connectivity index (χ0n) is 31.6. The van der Waals surface area contributed by atoms with Crippen molar-refractivity contribution >= 4 is 28.3 Å². The van der Waals surface area contributed by atoms with E-state index in [-0.39, 0.29) is 12.2 Å². The maximum absolute atomic E-state index is 12.4. The smallest absolute Gasteiger partial charge is 0.274 e. The maximum Gasteiger partial charge on any atom is 0.274 e. The summed E-state index contributed by atoms with van der Waals surface area (Å²) in [5.74, 6) is 1.86. The van der Waals surface area contributed by atoms with Crippen LogP contribution in [0.1, 0.15) is 62.7 Å². The van der Waals surface area contributed by atoms with Crippen molar-refractivity contribution in [3.63, 3.8) is 0 Å². The molecule has 1 fully saturated rings. The van der Waals surface area contributed by atoms with Gasteiger partial charge in [0.2, 0.25) is 0 Å². The Kier molecular flexibility index (Phi) is 13.7. The van der Waals surface area contributed by atoms with E-state index in [1.54, 1.807) is 44.7 Å². The molecule has 13 heteroatoms. The molecule has 2 aromatic heterocycles. The molecule has 1 saturated heterocycles. The van der Waals surface area contributed by atoms with E-state index in [0.29, 0.717) is 24.8 Å². The highest BCUT2D eigenvalue weighted by atomic mass is 16.8. The van der Waals surface area contributed by atoms with Crippen LogP contribution in [0.15, 0.2) is 79.3 Å². The number of aromatic nitrogens is 4. The second-order valence-electron chi connectivity index (χ2n) is 13.5. The first-order valence-corrected chi connectivity index (χ1v) is 18.7. The molecule has 1 aliphatic rings. The number of hydrogen-bond acceptors (Lipinski definition) is 11. The normalized spacial score (nSPS) is 14.3. The summed E-state index contributed by atoms with van der Waals surface area (Å²) < 4.78 is 24.5. The molecule has 3 heterocycles. The van der Waals surface area contributed by atoms with E-state index in [2.05, 4.69) is 46.8 Å². The van der Waals surface area contributed by atoms with Crippen molar-refractivity contribution in [2.24, 2.45) is 0 Å². The van der Waals surface area contributed by atoms with Gasteiger partial charge in [-0.3, -0.25) is 14.5 Å². The van der Waals surface area contributed by atoms with Gasteiger partial charge < -0.3 is 29.2 Å². The molecule has 13 nitrogen and oxygen atoms in total. The van der Waals surface area contributed by atoms with Gasteiger partial charge in [0.05, 0.1) is 49.9 Å². The fourth-order valence-electron chi connectivity index (χ4n) is 6.17. The zero-order valence-corrected chi connectivity index (χ0v) is 31.6. The van der Waals surface area contributed by atoms with Crippen LogP contribution in [0.2, 0.25) is 0 Å². The van der Waals surface area contributed by atoms with Crippen LogP contribution in [0.5, 0.6) is 17.2 Å². The van der Waals surface area contributed by atoms with Gasteiger partial charge in [0, 0.05) is 85.6 Å². The van der Waals surface area contributed by atoms with Crippen molar-refractivity contribution in [1.82, 2.24) is 30.5 Å². The topological polar surface area (TPSA) is 134 Å². The molecule has 0 aliphatic carbocycles. The monoisotopic (exact) mass is 737 g/mol. The number of nitrogens with zero attached hydrogens (tertiary/aromatic N) is 5. The number of rotatable bonds is 19. The van der Waals surface area contributed by atoms with Gasteiger partial charge in [0.25, 0.3) is 5.91 Å². The first-order valence-electron chi connectivity index (χ1n) is 18.7. The number of methoxy groups -OCH3 is 2. The number of hydrogen-bond donors (Lipinski definition) is 2. The highest BCUT2D eigenvalue weighted by Gasteiger charge is 2.17. The van der Waals surface area contributed by atoms with Gasteiger partial charge in [-0.2, -0.15) is 5.10 Å². The predicted molar refractivity (Wildman–Crippen MR) is 208 cm³/mol. The predicted octanol–water partition coefficient (Wildman–Crippen LogP) is 7.08. The SMILES string of the molecule is COc1cc(OC)cc(N(CCNC(C)C)c2ccc3ncc(-c4cnn(CCCCCOc5ccc(C(=O)NOC6CCCCO6)cc5)c4)nc3c2)c1. The molecule has 0 spiro atoms. The summed E-state index contributed by atoms with van der Waals surface area (Å²) in [6.45, 7) is 7.82. The summed E-state index contributed by atoms with van der Waals surface area (Å²) in [5, 5.41) is 8.12. The minimum Gasteiger partial charge on any atom is -0.497 e. The number of amides is 1. The van der Waals surface area contributed by atoms with E-state index in [0.717, 1.165) is 109 Å². The number of benzene rings is 3. The molecule has 1 unspecified atom stereocenters. The van der Waals surface area contributed by atoms with Gasteiger partial charge in [0.15, 0.2) is 6.29 Å². The molecule has 0 bridgehead atoms. The lowest BCUT2D eigenvalue weighted by Gasteiger charge is -2.27. The lowest BCUT2D eigenvalue weighted by atomic mass is 10.2. The molecule has 1 atom stereocenters. The van der Waals surface area contributed by atoms with Gasteiger partial charge >= 0.3 is 0 Å². The fraction of sp³-hybridized carbons (Fsp3) is 0.415. The van der Waals surface area contributed by atoms with E-state index in [4.69, 9.17) is 33.8 Å². The van der Waals surface area contributed by atoms with E-state index < -0.39 is 0 Å². The van der Waals surface area contributed by atoms with Crippen LogP contribution in [0.4, 0.5) is 11.4 Å². The lowest BCUT2D eigenvalue weighted by molar-refractivity contribution is -0.186. The Bertz CT molecular complexity index is 1920. The van der Waals surface area contributed by atoms with Crippen molar-refractivity contribution < 1.29 is 28.6 Å². The zero-order chi connectivity index (χ0) is 37.7. The number of aryl methyl sites for hydroxylation is 1. The third-order valence-corrected chi connectivity index (χ3v) is 9.14. The number of carbonyl (C=O) groups is 1. The van der Waals surface area contributed by atoms with Crippen molar-refractivity contribution in [1.29, 1.82) is 0 Å². The summed E-state index contributed by atoms with van der Waals surface area (Å²) in [4.78, 5) is 29.7. The fourth-order valence-corrected chi connectivity index (χ4v) is 6.17. The quantitative estimate of drug-likeness (QED) is 0.0665. The van der Waals surface area contributed by atoms with Crippen LogP contribution in [0.25, 0.3) is 22.3 Å². The number of ether oxygens (including phenoxy) is 4. The summed E-state index contributed by atoms with van der Waals surface area (Å²) in [6.07, 6.45) is 10.9. The molecule has 3 aromatic carbocycles. The molecule has 286 valence electrons. The van der Waals surface area contributed by atoms with Crippen molar-refractivity contribution in [3.8, 4) is 28.5 Å².